The van der Waals surface area contributed by atoms with Crippen molar-refractivity contribution in [2.24, 2.45) is 0 Å². The van der Waals surface area contributed by atoms with E-state index >= 15 is 0 Å². The van der Waals surface area contributed by atoms with E-state index in [1.54, 1.807) is 18.5 Å². The average Bonchev–Trinajstić information content (AvgIpc) is 3.16. The second-order valence-electron chi connectivity index (χ2n) is 4.67. The minimum absolute atomic E-state index is 0.383. The molecule has 2 aromatic heterocycles. The summed E-state index contributed by atoms with van der Waals surface area (Å²) in [7, 11) is 1.83. The number of nitrogens with one attached hydrogen (secondary N) is 1. The number of nitrogens with zero attached hydrogens (tertiary/aromatic N) is 1. The molecule has 0 fully saturated rings. The Morgan fingerprint density at radius 3 is 3.10 bits per heavy atom. The molecule has 6 heteroatoms. The van der Waals surface area contributed by atoms with Gasteiger partial charge in [-0.25, -0.2) is 4.98 Å². The Bertz CT molecular complexity index is 711. The zero-order chi connectivity index (χ0) is 14.7. The Morgan fingerprint density at radius 1 is 1.43 bits per heavy atom. The van der Waals surface area contributed by atoms with Gasteiger partial charge in [-0.05, 0) is 19.2 Å². The first-order chi connectivity index (χ1) is 10.2. The van der Waals surface area contributed by atoms with Crippen LogP contribution in [0.3, 0.4) is 0 Å². The first kappa shape index (κ1) is 14.1. The highest BCUT2D eigenvalue weighted by atomic mass is 32.1. The van der Waals surface area contributed by atoms with Gasteiger partial charge >= 0.3 is 0 Å². The lowest BCUT2D eigenvalue weighted by molar-refractivity contribution is -0.149. The summed E-state index contributed by atoms with van der Waals surface area (Å²) >= 11 is 1.36. The van der Waals surface area contributed by atoms with Crippen LogP contribution in [0.5, 0.6) is 5.75 Å². The summed E-state index contributed by atoms with van der Waals surface area (Å²) in [5.41, 5.74) is 0.622. The third-order valence-electron chi connectivity index (χ3n) is 3.20. The van der Waals surface area contributed by atoms with E-state index in [2.05, 4.69) is 10.3 Å². The molecule has 0 spiro atoms. The predicted octanol–water partition coefficient (Wildman–Crippen LogP) is 2.72. The number of ether oxygens (including phenoxy) is 1. The summed E-state index contributed by atoms with van der Waals surface area (Å²) in [5, 5.41) is 17.2. The monoisotopic (exact) mass is 304 g/mol. The van der Waals surface area contributed by atoms with Crippen molar-refractivity contribution in [1.29, 1.82) is 0 Å². The fraction of sp³-hybridized carbons (Fsp3) is 0.267. The van der Waals surface area contributed by atoms with Gasteiger partial charge in [-0.1, -0.05) is 12.1 Å². The van der Waals surface area contributed by atoms with Crippen molar-refractivity contribution in [2.75, 3.05) is 13.6 Å². The molecule has 5 nitrogen and oxygen atoms in total. The minimum atomic E-state index is -1.47. The number of benzene rings is 1. The van der Waals surface area contributed by atoms with Gasteiger partial charge in [-0.2, -0.15) is 0 Å². The van der Waals surface area contributed by atoms with Crippen molar-refractivity contribution >= 4 is 22.3 Å². The summed E-state index contributed by atoms with van der Waals surface area (Å²) in [6.45, 7) is 0.601. The molecule has 0 bridgehead atoms. The molecule has 0 saturated carbocycles. The maximum atomic E-state index is 10.9. The van der Waals surface area contributed by atoms with Crippen LogP contribution in [0.25, 0.3) is 11.0 Å². The number of thiazole rings is 1. The number of para-hydroxylation sites is 1. The predicted molar refractivity (Wildman–Crippen MR) is 81.4 cm³/mol. The molecule has 0 aliphatic heterocycles. The van der Waals surface area contributed by atoms with Crippen molar-refractivity contribution in [1.82, 2.24) is 10.3 Å². The number of rotatable bonds is 6. The van der Waals surface area contributed by atoms with E-state index in [9.17, 15) is 5.11 Å². The van der Waals surface area contributed by atoms with E-state index in [-0.39, 0.29) is 0 Å². The first-order valence-corrected chi connectivity index (χ1v) is 7.53. The topological polar surface area (TPSA) is 67.5 Å². The SMILES string of the molecule is CNCCC(O)(Oc1cccc2ccoc12)c1nccs1. The summed E-state index contributed by atoms with van der Waals surface area (Å²) in [6, 6.07) is 7.44. The highest BCUT2D eigenvalue weighted by Gasteiger charge is 2.35. The van der Waals surface area contributed by atoms with Gasteiger partial charge in [0.25, 0.3) is 5.79 Å². The van der Waals surface area contributed by atoms with Crippen molar-refractivity contribution in [3.8, 4) is 5.75 Å². The molecule has 3 aromatic rings. The maximum absolute atomic E-state index is 10.9. The van der Waals surface area contributed by atoms with E-state index in [4.69, 9.17) is 9.15 Å². The number of aliphatic hydroxyl groups is 1. The standard InChI is InChI=1S/C15H16N2O3S/c1-16-7-6-15(18,14-17-8-10-21-14)20-12-4-2-3-11-5-9-19-13(11)12/h2-5,8-10,16,18H,6-7H2,1H3. The van der Waals surface area contributed by atoms with Crippen molar-refractivity contribution < 1.29 is 14.3 Å². The lowest BCUT2D eigenvalue weighted by Gasteiger charge is -2.27. The van der Waals surface area contributed by atoms with Crippen molar-refractivity contribution in [3.05, 3.63) is 47.1 Å². The van der Waals surface area contributed by atoms with Crippen LogP contribution in [0, 0.1) is 0 Å². The lowest BCUT2D eigenvalue weighted by Crippen LogP contribution is -2.35. The Morgan fingerprint density at radius 2 is 2.33 bits per heavy atom. The van der Waals surface area contributed by atoms with E-state index in [0.29, 0.717) is 29.3 Å². The molecular formula is C15H16N2O3S. The molecule has 0 aliphatic rings. The largest absolute Gasteiger partial charge is 0.460 e. The third-order valence-corrected chi connectivity index (χ3v) is 4.11. The van der Waals surface area contributed by atoms with Gasteiger partial charge in [-0.3, -0.25) is 0 Å². The van der Waals surface area contributed by atoms with Crippen molar-refractivity contribution in [2.45, 2.75) is 12.2 Å². The van der Waals surface area contributed by atoms with E-state index < -0.39 is 5.79 Å². The molecule has 3 rings (SSSR count). The minimum Gasteiger partial charge on any atom is -0.460 e. The van der Waals surface area contributed by atoms with Crippen LogP contribution in [0.15, 0.2) is 46.5 Å². The molecule has 1 aromatic carbocycles. The second kappa shape index (κ2) is 5.85. The molecule has 0 amide bonds. The summed E-state index contributed by atoms with van der Waals surface area (Å²) in [6.07, 6.45) is 3.64. The number of aromatic nitrogens is 1. The van der Waals surface area contributed by atoms with Crippen LogP contribution < -0.4 is 10.1 Å². The zero-order valence-electron chi connectivity index (χ0n) is 11.6. The van der Waals surface area contributed by atoms with Gasteiger partial charge in [0.15, 0.2) is 16.3 Å². The van der Waals surface area contributed by atoms with Crippen LogP contribution in [0.4, 0.5) is 0 Å². The Hall–Kier alpha value is -1.89. The molecule has 2 heterocycles. The quantitative estimate of drug-likeness (QED) is 0.685. The Labute approximate surface area is 126 Å². The molecular weight excluding hydrogens is 288 g/mol. The normalized spacial score (nSPS) is 14.2. The number of hydrogen-bond acceptors (Lipinski definition) is 6. The fourth-order valence-electron chi connectivity index (χ4n) is 2.14. The number of furan rings is 1. The highest BCUT2D eigenvalue weighted by molar-refractivity contribution is 7.09. The average molecular weight is 304 g/mol. The molecule has 2 N–H and O–H groups in total. The van der Waals surface area contributed by atoms with Gasteiger partial charge in [-0.15, -0.1) is 11.3 Å². The van der Waals surface area contributed by atoms with Gasteiger partial charge in [0.2, 0.25) is 0 Å². The van der Waals surface area contributed by atoms with Gasteiger partial charge < -0.3 is 19.6 Å². The van der Waals surface area contributed by atoms with E-state index in [0.717, 1.165) is 5.39 Å². The lowest BCUT2D eigenvalue weighted by atomic mass is 10.2. The summed E-state index contributed by atoms with van der Waals surface area (Å²) < 4.78 is 11.3. The molecule has 110 valence electrons. The van der Waals surface area contributed by atoms with Gasteiger partial charge in [0.1, 0.15) is 0 Å². The summed E-state index contributed by atoms with van der Waals surface area (Å²) in [5.74, 6) is -0.968. The van der Waals surface area contributed by atoms with Crippen LogP contribution >= 0.6 is 11.3 Å². The smallest absolute Gasteiger partial charge is 0.262 e. The van der Waals surface area contributed by atoms with Gasteiger partial charge in [0.05, 0.1) is 6.26 Å². The third kappa shape index (κ3) is 2.78. The number of fused-ring (bicyclic) bond motifs is 1. The maximum Gasteiger partial charge on any atom is 0.262 e. The van der Waals surface area contributed by atoms with Crippen molar-refractivity contribution in [3.63, 3.8) is 0 Å². The first-order valence-electron chi connectivity index (χ1n) is 6.65. The highest BCUT2D eigenvalue weighted by Crippen LogP contribution is 2.34. The molecule has 0 radical (unpaired) electrons. The Kier molecular flexibility index (Phi) is 3.92. The molecule has 21 heavy (non-hydrogen) atoms. The zero-order valence-corrected chi connectivity index (χ0v) is 12.4. The fourth-order valence-corrected chi connectivity index (χ4v) is 2.84. The molecule has 0 aliphatic carbocycles. The van der Waals surface area contributed by atoms with Crippen LogP contribution in [0.2, 0.25) is 0 Å². The Balaban J connectivity index is 1.96. The molecule has 1 unspecified atom stereocenters. The van der Waals surface area contributed by atoms with Crippen LogP contribution in [-0.4, -0.2) is 23.7 Å². The van der Waals surface area contributed by atoms with Gasteiger partial charge in [0, 0.05) is 29.9 Å². The number of hydrogen-bond donors (Lipinski definition) is 2. The second-order valence-corrected chi connectivity index (χ2v) is 5.57. The van der Waals surface area contributed by atoms with E-state index in [1.807, 2.05) is 30.6 Å². The van der Waals surface area contributed by atoms with E-state index in [1.165, 1.54) is 11.3 Å². The molecule has 1 atom stereocenters. The molecule has 0 saturated heterocycles. The summed E-state index contributed by atoms with van der Waals surface area (Å²) in [4.78, 5) is 4.19. The van der Waals surface area contributed by atoms with Crippen LogP contribution in [-0.2, 0) is 5.79 Å². The van der Waals surface area contributed by atoms with Crippen LogP contribution in [0.1, 0.15) is 11.4 Å².